The highest BCUT2D eigenvalue weighted by Gasteiger charge is 2.29. The first-order valence-electron chi connectivity index (χ1n) is 10.7. The molecule has 0 radical (unpaired) electrons. The first-order chi connectivity index (χ1) is 15.8. The van der Waals surface area contributed by atoms with E-state index >= 15 is 0 Å². The van der Waals surface area contributed by atoms with Crippen molar-refractivity contribution in [2.45, 2.75) is 36.7 Å². The minimum Gasteiger partial charge on any atom is -0.348 e. The lowest BCUT2D eigenvalue weighted by Gasteiger charge is -2.28. The summed E-state index contributed by atoms with van der Waals surface area (Å²) < 4.78 is 28.0. The zero-order chi connectivity index (χ0) is 23.4. The van der Waals surface area contributed by atoms with E-state index in [4.69, 9.17) is 23.2 Å². The molecular formula is C25H24Cl2N2O3S. The molecule has 1 aliphatic rings. The second kappa shape index (κ2) is 10.3. The fourth-order valence-electron chi connectivity index (χ4n) is 4.10. The van der Waals surface area contributed by atoms with Gasteiger partial charge in [0.15, 0.2) is 0 Å². The maximum Gasteiger partial charge on any atom is 0.243 e. The molecule has 172 valence electrons. The molecule has 8 heteroatoms. The molecule has 0 saturated carbocycles. The van der Waals surface area contributed by atoms with E-state index < -0.39 is 10.0 Å². The summed E-state index contributed by atoms with van der Waals surface area (Å²) in [5.41, 5.74) is 2.93. The Bertz CT molecular complexity index is 1250. The molecule has 0 fully saturated rings. The van der Waals surface area contributed by atoms with E-state index in [1.165, 1.54) is 29.8 Å². The van der Waals surface area contributed by atoms with Gasteiger partial charge in [-0.05, 0) is 66.3 Å². The maximum absolute atomic E-state index is 13.4. The Kier molecular flexibility index (Phi) is 7.39. The van der Waals surface area contributed by atoms with Gasteiger partial charge >= 0.3 is 0 Å². The molecule has 0 bridgehead atoms. The lowest BCUT2D eigenvalue weighted by atomic mass is 9.88. The van der Waals surface area contributed by atoms with Gasteiger partial charge in [0, 0.05) is 16.6 Å². The maximum atomic E-state index is 13.4. The molecule has 0 spiro atoms. The van der Waals surface area contributed by atoms with Crippen LogP contribution in [0.3, 0.4) is 0 Å². The van der Waals surface area contributed by atoms with E-state index in [1.807, 2.05) is 18.2 Å². The number of benzene rings is 3. The Morgan fingerprint density at radius 1 is 0.970 bits per heavy atom. The van der Waals surface area contributed by atoms with E-state index in [-0.39, 0.29) is 29.9 Å². The summed E-state index contributed by atoms with van der Waals surface area (Å²) in [4.78, 5) is 13.1. The second-order valence-electron chi connectivity index (χ2n) is 8.03. The molecule has 3 aromatic carbocycles. The molecule has 0 aromatic heterocycles. The van der Waals surface area contributed by atoms with Gasteiger partial charge in [-0.3, -0.25) is 4.79 Å². The summed E-state index contributed by atoms with van der Waals surface area (Å²) in [5.74, 6) is -0.360. The van der Waals surface area contributed by atoms with E-state index in [0.717, 1.165) is 29.1 Å². The number of halogens is 2. The number of hydrogen-bond acceptors (Lipinski definition) is 3. The number of rotatable bonds is 7. The average Bonchev–Trinajstić information content (AvgIpc) is 2.80. The first kappa shape index (κ1) is 23.8. The molecule has 4 rings (SSSR count). The van der Waals surface area contributed by atoms with Gasteiger partial charge in [-0.15, -0.1) is 0 Å². The summed E-state index contributed by atoms with van der Waals surface area (Å²) in [6.07, 6.45) is 2.76. The van der Waals surface area contributed by atoms with Crippen molar-refractivity contribution in [3.8, 4) is 0 Å². The van der Waals surface area contributed by atoms with Gasteiger partial charge in [0.05, 0.1) is 17.5 Å². The third kappa shape index (κ3) is 5.58. The number of carbonyl (C=O) groups is 1. The van der Waals surface area contributed by atoms with Crippen molar-refractivity contribution in [1.82, 2.24) is 9.62 Å². The van der Waals surface area contributed by atoms with Crippen molar-refractivity contribution in [1.29, 1.82) is 0 Å². The number of hydrogen-bond donors (Lipinski definition) is 1. The Balaban J connectivity index is 1.59. The monoisotopic (exact) mass is 502 g/mol. The van der Waals surface area contributed by atoms with Crippen LogP contribution < -0.4 is 5.32 Å². The zero-order valence-corrected chi connectivity index (χ0v) is 20.2. The van der Waals surface area contributed by atoms with E-state index in [0.29, 0.717) is 15.6 Å². The number of fused-ring (bicyclic) bond motifs is 1. The molecular weight excluding hydrogens is 479 g/mol. The van der Waals surface area contributed by atoms with Crippen LogP contribution >= 0.6 is 23.2 Å². The second-order valence-corrected chi connectivity index (χ2v) is 10.8. The average molecular weight is 503 g/mol. The summed E-state index contributed by atoms with van der Waals surface area (Å²) >= 11 is 12.2. The third-order valence-corrected chi connectivity index (χ3v) is 8.21. The lowest BCUT2D eigenvalue weighted by molar-refractivity contribution is -0.122. The van der Waals surface area contributed by atoms with Crippen LogP contribution in [-0.2, 0) is 27.8 Å². The van der Waals surface area contributed by atoms with Gasteiger partial charge < -0.3 is 5.32 Å². The largest absolute Gasteiger partial charge is 0.348 e. The Hall–Kier alpha value is -2.38. The number of carbonyl (C=O) groups excluding carboxylic acids is 1. The molecule has 1 N–H and O–H groups in total. The molecule has 1 atom stereocenters. The van der Waals surface area contributed by atoms with Crippen molar-refractivity contribution in [3.63, 3.8) is 0 Å². The van der Waals surface area contributed by atoms with Gasteiger partial charge in [0.25, 0.3) is 0 Å². The van der Waals surface area contributed by atoms with Gasteiger partial charge in [-0.1, -0.05) is 65.7 Å². The Labute approximate surface area is 204 Å². The number of aryl methyl sites for hydroxylation is 1. The van der Waals surface area contributed by atoms with E-state index in [1.54, 1.807) is 24.3 Å². The SMILES string of the molecule is O=C(CN(Cc1ccccc1Cl)S(=O)(=O)c1ccc(Cl)cc1)N[C@@H]1CCCc2ccccc21. The van der Waals surface area contributed by atoms with Gasteiger partial charge in [-0.2, -0.15) is 4.31 Å². The van der Waals surface area contributed by atoms with Crippen LogP contribution in [0, 0.1) is 0 Å². The minimum absolute atomic E-state index is 0.0285. The highest BCUT2D eigenvalue weighted by atomic mass is 35.5. The van der Waals surface area contributed by atoms with Crippen molar-refractivity contribution in [2.24, 2.45) is 0 Å². The van der Waals surface area contributed by atoms with Crippen molar-refractivity contribution in [2.75, 3.05) is 6.54 Å². The molecule has 3 aromatic rings. The fourth-order valence-corrected chi connectivity index (χ4v) is 5.80. The summed E-state index contributed by atoms with van der Waals surface area (Å²) in [6.45, 7) is -0.353. The third-order valence-electron chi connectivity index (χ3n) is 5.78. The topological polar surface area (TPSA) is 66.5 Å². The van der Waals surface area contributed by atoms with Crippen LogP contribution in [0.15, 0.2) is 77.7 Å². The lowest BCUT2D eigenvalue weighted by Crippen LogP contribution is -2.42. The quantitative estimate of drug-likeness (QED) is 0.471. The predicted octanol–water partition coefficient (Wildman–Crippen LogP) is 5.38. The van der Waals surface area contributed by atoms with Gasteiger partial charge in [0.1, 0.15) is 0 Å². The van der Waals surface area contributed by atoms with Crippen LogP contribution in [-0.4, -0.2) is 25.2 Å². The van der Waals surface area contributed by atoms with Crippen LogP contribution in [0.2, 0.25) is 10.0 Å². The van der Waals surface area contributed by atoms with Crippen molar-refractivity contribution < 1.29 is 13.2 Å². The number of amides is 1. The smallest absolute Gasteiger partial charge is 0.243 e. The molecule has 5 nitrogen and oxygen atoms in total. The zero-order valence-electron chi connectivity index (χ0n) is 17.9. The molecule has 33 heavy (non-hydrogen) atoms. The number of sulfonamides is 1. The standard InChI is InChI=1S/C25H24Cl2N2O3S/c26-20-12-14-21(15-13-20)33(31,32)29(16-19-7-2-4-10-23(19)27)17-25(30)28-24-11-5-8-18-6-1-3-9-22(18)24/h1-4,6-7,9-10,12-15,24H,5,8,11,16-17H2,(H,28,30)/t24-/m1/s1. The first-order valence-corrected chi connectivity index (χ1v) is 12.9. The normalized spacial score (nSPS) is 15.8. The highest BCUT2D eigenvalue weighted by Crippen LogP contribution is 2.30. The Morgan fingerprint density at radius 3 is 2.42 bits per heavy atom. The molecule has 1 aliphatic carbocycles. The molecule has 0 saturated heterocycles. The summed E-state index contributed by atoms with van der Waals surface area (Å²) in [6, 6.07) is 20.8. The van der Waals surface area contributed by atoms with Crippen LogP contribution in [0.5, 0.6) is 0 Å². The Morgan fingerprint density at radius 2 is 1.67 bits per heavy atom. The van der Waals surface area contributed by atoms with E-state index in [9.17, 15) is 13.2 Å². The highest BCUT2D eigenvalue weighted by molar-refractivity contribution is 7.89. The fraction of sp³-hybridized carbons (Fsp3) is 0.240. The van der Waals surface area contributed by atoms with Crippen molar-refractivity contribution in [3.05, 3.63) is 99.5 Å². The minimum atomic E-state index is -3.97. The summed E-state index contributed by atoms with van der Waals surface area (Å²) in [5, 5.41) is 3.91. The van der Waals surface area contributed by atoms with E-state index in [2.05, 4.69) is 11.4 Å². The van der Waals surface area contributed by atoms with Gasteiger partial charge in [0.2, 0.25) is 15.9 Å². The number of nitrogens with zero attached hydrogens (tertiary/aromatic N) is 1. The van der Waals surface area contributed by atoms with Gasteiger partial charge in [-0.25, -0.2) is 8.42 Å². The number of nitrogens with one attached hydrogen (secondary N) is 1. The molecule has 1 amide bonds. The van der Waals surface area contributed by atoms with Crippen LogP contribution in [0.4, 0.5) is 0 Å². The summed E-state index contributed by atoms with van der Waals surface area (Å²) in [7, 11) is -3.97. The van der Waals surface area contributed by atoms with Crippen molar-refractivity contribution >= 4 is 39.1 Å². The van der Waals surface area contributed by atoms with Crippen LogP contribution in [0.1, 0.15) is 35.6 Å². The molecule has 0 aliphatic heterocycles. The predicted molar refractivity (Wildman–Crippen MR) is 131 cm³/mol. The molecule has 0 heterocycles. The molecule has 0 unspecified atom stereocenters. The van der Waals surface area contributed by atoms with Crippen LogP contribution in [0.25, 0.3) is 0 Å².